The number of rotatable bonds is 19. The maximum atomic E-state index is 5.84. The summed E-state index contributed by atoms with van der Waals surface area (Å²) in [6.45, 7) is 4.58. The lowest BCUT2D eigenvalue weighted by atomic mass is 9.94. The van der Waals surface area contributed by atoms with Gasteiger partial charge in [-0.3, -0.25) is 0 Å². The van der Waals surface area contributed by atoms with Gasteiger partial charge in [-0.15, -0.1) is 0 Å². The van der Waals surface area contributed by atoms with Crippen LogP contribution in [0.15, 0.2) is 84.9 Å². The highest BCUT2D eigenvalue weighted by Gasteiger charge is 2.06. The molecule has 2 heteroatoms. The van der Waals surface area contributed by atoms with Crippen LogP contribution in [0.2, 0.25) is 0 Å². The fourth-order valence-electron chi connectivity index (χ4n) is 6.51. The first kappa shape index (κ1) is 33.4. The van der Waals surface area contributed by atoms with Crippen LogP contribution in [0.4, 0.5) is 11.4 Å². The Labute approximate surface area is 268 Å². The average Bonchev–Trinajstić information content (AvgIpc) is 3.04. The smallest absolute Gasteiger partial charge is 0.0314 e. The van der Waals surface area contributed by atoms with E-state index in [0.29, 0.717) is 0 Å². The molecule has 0 saturated heterocycles. The van der Waals surface area contributed by atoms with Crippen molar-refractivity contribution >= 4 is 11.4 Å². The molecular formula is C42H56N2. The van der Waals surface area contributed by atoms with Crippen LogP contribution in [0.5, 0.6) is 0 Å². The van der Waals surface area contributed by atoms with E-state index in [1.807, 2.05) is 24.3 Å². The van der Waals surface area contributed by atoms with Gasteiger partial charge < -0.3 is 11.5 Å². The predicted octanol–water partition coefficient (Wildman–Crippen LogP) is 10.8. The minimum absolute atomic E-state index is 0.833. The zero-order chi connectivity index (χ0) is 31.0. The van der Waals surface area contributed by atoms with Crippen molar-refractivity contribution in [1.82, 2.24) is 0 Å². The quantitative estimate of drug-likeness (QED) is 0.0845. The zero-order valence-electron chi connectivity index (χ0n) is 27.6. The zero-order valence-corrected chi connectivity index (χ0v) is 27.6. The number of nitrogen functional groups attached to an aromatic ring is 2. The number of hydrogen-bond acceptors (Lipinski definition) is 2. The molecule has 0 spiro atoms. The van der Waals surface area contributed by atoms with Crippen LogP contribution >= 0.6 is 0 Å². The van der Waals surface area contributed by atoms with Crippen LogP contribution < -0.4 is 11.5 Å². The molecule has 0 aromatic heterocycles. The largest absolute Gasteiger partial charge is 0.399 e. The molecule has 4 rings (SSSR count). The topological polar surface area (TPSA) is 52.0 Å². The van der Waals surface area contributed by atoms with Crippen LogP contribution in [0.3, 0.4) is 0 Å². The second kappa shape index (κ2) is 18.3. The normalized spacial score (nSPS) is 11.2. The first-order chi connectivity index (χ1) is 21.5. The monoisotopic (exact) mass is 588 g/mol. The Hall–Kier alpha value is -3.52. The van der Waals surface area contributed by atoms with Crippen molar-refractivity contribution in [3.05, 3.63) is 129 Å². The molecule has 0 saturated carbocycles. The Balaban J connectivity index is 1.04. The number of nitrogens with two attached hydrogens (primary N) is 2. The Morgan fingerprint density at radius 2 is 0.682 bits per heavy atom. The van der Waals surface area contributed by atoms with Gasteiger partial charge in [0, 0.05) is 11.4 Å². The number of unbranched alkanes of at least 4 members (excludes halogenated alkanes) is 9. The molecule has 234 valence electrons. The molecule has 0 heterocycles. The molecule has 4 aromatic rings. The molecule has 4 aromatic carbocycles. The standard InChI is InChI=1S/C42H56N2/c1-3-37-31-35(29-33-19-25-41(43)26-20-33)17-23-39(37)15-13-11-9-7-5-6-8-10-12-14-16-40-24-18-36(32-38(40)4-2)30-34-21-27-42(44)28-22-34/h17-28,31-32H,3-16,29-30,43-44H2,1-2H3. The Kier molecular flexibility index (Phi) is 13.9. The van der Waals surface area contributed by atoms with Crippen LogP contribution in [0, 0.1) is 0 Å². The van der Waals surface area contributed by atoms with E-state index in [1.165, 1.54) is 110 Å². The number of aryl methyl sites for hydroxylation is 4. The lowest BCUT2D eigenvalue weighted by Crippen LogP contribution is -1.97. The maximum Gasteiger partial charge on any atom is 0.0314 e. The Bertz CT molecular complexity index is 1280. The summed E-state index contributed by atoms with van der Waals surface area (Å²) in [5, 5.41) is 0. The molecule has 0 aliphatic heterocycles. The second-order valence-corrected chi connectivity index (χ2v) is 12.8. The lowest BCUT2D eigenvalue weighted by molar-refractivity contribution is 0.551. The van der Waals surface area contributed by atoms with Crippen LogP contribution in [-0.4, -0.2) is 0 Å². The van der Waals surface area contributed by atoms with E-state index in [-0.39, 0.29) is 0 Å². The molecular weight excluding hydrogens is 532 g/mol. The molecule has 0 aliphatic carbocycles. The summed E-state index contributed by atoms with van der Waals surface area (Å²) in [5.41, 5.74) is 25.0. The Morgan fingerprint density at radius 1 is 0.364 bits per heavy atom. The highest BCUT2D eigenvalue weighted by atomic mass is 14.5. The van der Waals surface area contributed by atoms with Crippen LogP contribution in [0.25, 0.3) is 0 Å². The summed E-state index contributed by atoms with van der Waals surface area (Å²) in [6, 6.07) is 30.8. The third-order valence-corrected chi connectivity index (χ3v) is 9.22. The van der Waals surface area contributed by atoms with E-state index in [2.05, 4.69) is 74.5 Å². The Morgan fingerprint density at radius 3 is 1.02 bits per heavy atom. The van der Waals surface area contributed by atoms with Gasteiger partial charge >= 0.3 is 0 Å². The molecule has 2 nitrogen and oxygen atoms in total. The van der Waals surface area contributed by atoms with Crippen molar-refractivity contribution in [2.24, 2.45) is 0 Å². The highest BCUT2D eigenvalue weighted by Crippen LogP contribution is 2.22. The summed E-state index contributed by atoms with van der Waals surface area (Å²) < 4.78 is 0. The van der Waals surface area contributed by atoms with Crippen molar-refractivity contribution in [2.45, 2.75) is 117 Å². The van der Waals surface area contributed by atoms with E-state index in [4.69, 9.17) is 11.5 Å². The highest BCUT2D eigenvalue weighted by molar-refractivity contribution is 5.43. The van der Waals surface area contributed by atoms with Crippen molar-refractivity contribution in [2.75, 3.05) is 11.5 Å². The lowest BCUT2D eigenvalue weighted by Gasteiger charge is -2.11. The van der Waals surface area contributed by atoms with Crippen molar-refractivity contribution in [1.29, 1.82) is 0 Å². The third-order valence-electron chi connectivity index (χ3n) is 9.22. The molecule has 44 heavy (non-hydrogen) atoms. The molecule has 0 fully saturated rings. The molecule has 0 atom stereocenters. The van der Waals surface area contributed by atoms with Gasteiger partial charge in [0.2, 0.25) is 0 Å². The van der Waals surface area contributed by atoms with Crippen molar-refractivity contribution in [3.8, 4) is 0 Å². The summed E-state index contributed by atoms with van der Waals surface area (Å²) in [7, 11) is 0. The minimum Gasteiger partial charge on any atom is -0.399 e. The molecule has 0 unspecified atom stereocenters. The van der Waals surface area contributed by atoms with Gasteiger partial charge in [0.15, 0.2) is 0 Å². The van der Waals surface area contributed by atoms with Gasteiger partial charge in [0.1, 0.15) is 0 Å². The minimum atomic E-state index is 0.833. The van der Waals surface area contributed by atoms with Crippen LogP contribution in [-0.2, 0) is 38.5 Å². The summed E-state index contributed by atoms with van der Waals surface area (Å²) in [5.74, 6) is 0. The maximum absolute atomic E-state index is 5.84. The van der Waals surface area contributed by atoms with Gasteiger partial charge in [-0.1, -0.05) is 126 Å². The number of anilines is 2. The second-order valence-electron chi connectivity index (χ2n) is 12.8. The average molecular weight is 589 g/mol. The molecule has 0 amide bonds. The molecule has 0 aliphatic rings. The van der Waals surface area contributed by atoms with Crippen LogP contribution in [0.1, 0.15) is 123 Å². The van der Waals surface area contributed by atoms with Gasteiger partial charge in [-0.25, -0.2) is 0 Å². The van der Waals surface area contributed by atoms with E-state index in [9.17, 15) is 0 Å². The summed E-state index contributed by atoms with van der Waals surface area (Å²) in [4.78, 5) is 0. The molecule has 4 N–H and O–H groups in total. The van der Waals surface area contributed by atoms with E-state index in [0.717, 1.165) is 37.1 Å². The molecule has 0 radical (unpaired) electrons. The number of benzene rings is 4. The van der Waals surface area contributed by atoms with Gasteiger partial charge in [-0.2, -0.15) is 0 Å². The summed E-state index contributed by atoms with van der Waals surface area (Å²) >= 11 is 0. The van der Waals surface area contributed by atoms with Gasteiger partial charge in [-0.05, 0) is 120 Å². The first-order valence-electron chi connectivity index (χ1n) is 17.4. The summed E-state index contributed by atoms with van der Waals surface area (Å²) in [6.07, 6.45) is 20.3. The van der Waals surface area contributed by atoms with E-state index < -0.39 is 0 Å². The number of hydrogen-bond donors (Lipinski definition) is 2. The molecule has 0 bridgehead atoms. The third kappa shape index (κ3) is 11.2. The fraction of sp³-hybridized carbons (Fsp3) is 0.429. The SMILES string of the molecule is CCc1cc(Cc2ccc(N)cc2)ccc1CCCCCCCCCCCCc1ccc(Cc2ccc(N)cc2)cc1CC. The van der Waals surface area contributed by atoms with Gasteiger partial charge in [0.05, 0.1) is 0 Å². The van der Waals surface area contributed by atoms with E-state index in [1.54, 1.807) is 11.1 Å². The predicted molar refractivity (Wildman–Crippen MR) is 193 cm³/mol. The van der Waals surface area contributed by atoms with Crippen molar-refractivity contribution < 1.29 is 0 Å². The first-order valence-corrected chi connectivity index (χ1v) is 17.4. The van der Waals surface area contributed by atoms with Gasteiger partial charge in [0.25, 0.3) is 0 Å². The van der Waals surface area contributed by atoms with E-state index >= 15 is 0 Å². The van der Waals surface area contributed by atoms with Crippen molar-refractivity contribution in [3.63, 3.8) is 0 Å². The fourth-order valence-corrected chi connectivity index (χ4v) is 6.51.